The molecule has 0 fully saturated rings. The first-order valence-electron chi connectivity index (χ1n) is 13.9. The van der Waals surface area contributed by atoms with Crippen molar-refractivity contribution < 1.29 is 33.3 Å². The zero-order valence-electron chi connectivity index (χ0n) is 25.6. The molecule has 0 amide bonds. The van der Waals surface area contributed by atoms with E-state index in [-0.39, 0.29) is 70.6 Å². The molecule has 232 valence electrons. The van der Waals surface area contributed by atoms with E-state index in [0.717, 1.165) is 24.2 Å². The molecular formula is C31H43BrFN3O6. The summed E-state index contributed by atoms with van der Waals surface area (Å²) in [5.41, 5.74) is 2.43. The number of carboxylic acid groups (broad SMARTS) is 1. The van der Waals surface area contributed by atoms with E-state index in [1.165, 1.54) is 14.2 Å². The van der Waals surface area contributed by atoms with Gasteiger partial charge in [-0.25, -0.2) is 4.39 Å². The highest BCUT2D eigenvalue weighted by Gasteiger charge is 2.33. The van der Waals surface area contributed by atoms with Crippen LogP contribution < -0.4 is 19.1 Å². The van der Waals surface area contributed by atoms with Gasteiger partial charge in [0.25, 0.3) is 0 Å². The van der Waals surface area contributed by atoms with Crippen LogP contribution in [0.2, 0.25) is 0 Å². The van der Waals surface area contributed by atoms with Gasteiger partial charge in [-0.2, -0.15) is 0 Å². The maximum atomic E-state index is 15.2. The van der Waals surface area contributed by atoms with Crippen molar-refractivity contribution in [3.8, 4) is 17.2 Å². The molecule has 2 aromatic carbocycles. The van der Waals surface area contributed by atoms with Gasteiger partial charge in [-0.15, -0.1) is 17.0 Å². The zero-order valence-corrected chi connectivity index (χ0v) is 27.3. The zero-order chi connectivity index (χ0) is 30.5. The molecule has 3 rings (SSSR count). The van der Waals surface area contributed by atoms with Crippen LogP contribution >= 0.6 is 17.0 Å². The Balaban J connectivity index is 0.00000616. The summed E-state index contributed by atoms with van der Waals surface area (Å²) < 4.78 is 31.9. The topological polar surface area (TPSA) is 112 Å². The number of ketones is 1. The first-order chi connectivity index (χ1) is 19.3. The standard InChI is InChI=1S/C31H42FN3O6.BrH/c1-8-12-34(5)22-15-19(14-21(31(2,3)4)28(22)41-13-10-9-11-25(37)38)23(36)18-35-17-20-16-24(39-6)29(40-7)27(32)26(20)30(35)33;/h14-16,33H,8-13,17-18H2,1-7H3,(H,37,38);1H. The monoisotopic (exact) mass is 651 g/mol. The van der Waals surface area contributed by atoms with Gasteiger partial charge in [0, 0.05) is 37.7 Å². The number of carboxylic acids is 1. The summed E-state index contributed by atoms with van der Waals surface area (Å²) in [6.45, 7) is 9.42. The SMILES string of the molecule is Br.CCCN(C)c1cc(C(=O)CN2Cc3cc(OC)c(OC)c(F)c3C2=N)cc(C(C)(C)C)c1OCCCCC(=O)O. The van der Waals surface area contributed by atoms with Gasteiger partial charge in [-0.3, -0.25) is 15.0 Å². The van der Waals surface area contributed by atoms with E-state index in [0.29, 0.717) is 36.3 Å². The van der Waals surface area contributed by atoms with Gasteiger partial charge < -0.3 is 29.1 Å². The summed E-state index contributed by atoms with van der Waals surface area (Å²) in [7, 11) is 4.72. The number of fused-ring (bicyclic) bond motifs is 1. The number of methoxy groups -OCH3 is 2. The number of benzene rings is 2. The Kier molecular flexibility index (Phi) is 12.2. The molecule has 0 saturated heterocycles. The molecule has 0 spiro atoms. The molecule has 2 aromatic rings. The molecule has 0 aliphatic carbocycles. The summed E-state index contributed by atoms with van der Waals surface area (Å²) >= 11 is 0. The highest BCUT2D eigenvalue weighted by atomic mass is 79.9. The van der Waals surface area contributed by atoms with Crippen LogP contribution in [0.25, 0.3) is 0 Å². The Hall–Kier alpha value is -3.34. The number of Topliss-reactive ketones (excluding diaryl/α,β-unsaturated/α-hetero) is 1. The van der Waals surface area contributed by atoms with E-state index in [9.17, 15) is 9.59 Å². The third kappa shape index (κ3) is 7.73. The number of halogens is 2. The number of hydrogen-bond donors (Lipinski definition) is 2. The number of anilines is 1. The summed E-state index contributed by atoms with van der Waals surface area (Å²) in [5.74, 6) is -0.934. The van der Waals surface area contributed by atoms with E-state index >= 15 is 4.39 Å². The minimum absolute atomic E-state index is 0. The first kappa shape index (κ1) is 34.9. The fourth-order valence-corrected chi connectivity index (χ4v) is 5.00. The molecule has 0 aromatic heterocycles. The van der Waals surface area contributed by atoms with Gasteiger partial charge >= 0.3 is 5.97 Å². The van der Waals surface area contributed by atoms with Crippen LogP contribution in [0.3, 0.4) is 0 Å². The lowest BCUT2D eigenvalue weighted by Crippen LogP contribution is -2.31. The highest BCUT2D eigenvalue weighted by molar-refractivity contribution is 8.93. The predicted molar refractivity (Wildman–Crippen MR) is 167 cm³/mol. The lowest BCUT2D eigenvalue weighted by Gasteiger charge is -2.30. The number of rotatable bonds is 14. The quantitative estimate of drug-likeness (QED) is 0.183. The number of ether oxygens (including phenoxy) is 3. The molecule has 0 unspecified atom stereocenters. The minimum atomic E-state index is -0.832. The number of unbranched alkanes of at least 4 members (excludes halogenated alkanes) is 1. The molecule has 2 N–H and O–H groups in total. The number of nitrogens with zero attached hydrogens (tertiary/aromatic N) is 2. The van der Waals surface area contributed by atoms with Crippen molar-refractivity contribution in [1.29, 1.82) is 5.41 Å². The summed E-state index contributed by atoms with van der Waals surface area (Å²) in [5, 5.41) is 17.6. The molecule has 0 saturated carbocycles. The molecule has 9 nitrogen and oxygen atoms in total. The third-order valence-electron chi connectivity index (χ3n) is 7.14. The molecule has 42 heavy (non-hydrogen) atoms. The second-order valence-corrected chi connectivity index (χ2v) is 11.3. The smallest absolute Gasteiger partial charge is 0.303 e. The fraction of sp³-hybridized carbons (Fsp3) is 0.516. The summed E-state index contributed by atoms with van der Waals surface area (Å²) in [6.07, 6.45) is 2.08. The van der Waals surface area contributed by atoms with Crippen molar-refractivity contribution in [3.05, 3.63) is 46.3 Å². The molecule has 0 atom stereocenters. The van der Waals surface area contributed by atoms with Crippen molar-refractivity contribution in [1.82, 2.24) is 4.90 Å². The molecule has 0 bridgehead atoms. The number of amidine groups is 1. The van der Waals surface area contributed by atoms with Gasteiger partial charge in [0.05, 0.1) is 38.6 Å². The number of carbonyl (C=O) groups excluding carboxylic acids is 1. The largest absolute Gasteiger partial charge is 0.493 e. The summed E-state index contributed by atoms with van der Waals surface area (Å²) in [4.78, 5) is 28.2. The number of hydrogen-bond acceptors (Lipinski definition) is 7. The van der Waals surface area contributed by atoms with E-state index in [1.807, 2.05) is 40.0 Å². The maximum absolute atomic E-state index is 15.2. The van der Waals surface area contributed by atoms with E-state index in [4.69, 9.17) is 24.7 Å². The highest BCUT2D eigenvalue weighted by Crippen LogP contribution is 2.41. The van der Waals surface area contributed by atoms with Crippen LogP contribution in [0, 0.1) is 11.2 Å². The average molecular weight is 653 g/mol. The fourth-order valence-electron chi connectivity index (χ4n) is 5.00. The molecule has 1 aliphatic rings. The molecule has 0 radical (unpaired) electrons. The summed E-state index contributed by atoms with van der Waals surface area (Å²) in [6, 6.07) is 5.31. The Morgan fingerprint density at radius 1 is 1.12 bits per heavy atom. The third-order valence-corrected chi connectivity index (χ3v) is 7.14. The van der Waals surface area contributed by atoms with Gasteiger partial charge in [0.15, 0.2) is 23.1 Å². The number of nitrogens with one attached hydrogen (secondary N) is 1. The molecular weight excluding hydrogens is 609 g/mol. The normalized spacial score (nSPS) is 12.5. The van der Waals surface area contributed by atoms with Gasteiger partial charge in [-0.1, -0.05) is 27.7 Å². The van der Waals surface area contributed by atoms with E-state index < -0.39 is 11.8 Å². The lowest BCUT2D eigenvalue weighted by molar-refractivity contribution is -0.137. The van der Waals surface area contributed by atoms with Crippen LogP contribution in [0.1, 0.15) is 80.4 Å². The maximum Gasteiger partial charge on any atom is 0.303 e. The van der Waals surface area contributed by atoms with Gasteiger partial charge in [0.2, 0.25) is 0 Å². The lowest BCUT2D eigenvalue weighted by atomic mass is 9.84. The van der Waals surface area contributed by atoms with Crippen molar-refractivity contribution >= 4 is 40.3 Å². The molecule has 1 heterocycles. The number of aliphatic carboxylic acids is 1. The molecule has 11 heteroatoms. The van der Waals surface area contributed by atoms with Crippen LogP contribution in [-0.4, -0.2) is 68.6 Å². The van der Waals surface area contributed by atoms with E-state index in [2.05, 4.69) is 11.8 Å². The predicted octanol–water partition coefficient (Wildman–Crippen LogP) is 6.22. The molecule has 1 aliphatic heterocycles. The first-order valence-corrected chi connectivity index (χ1v) is 13.9. The van der Waals surface area contributed by atoms with Gasteiger partial charge in [0.1, 0.15) is 11.6 Å². The van der Waals surface area contributed by atoms with Crippen molar-refractivity contribution in [2.75, 3.05) is 45.9 Å². The van der Waals surface area contributed by atoms with Crippen molar-refractivity contribution in [2.45, 2.75) is 65.3 Å². The Morgan fingerprint density at radius 2 is 1.81 bits per heavy atom. The van der Waals surface area contributed by atoms with Crippen LogP contribution in [0.15, 0.2) is 18.2 Å². The minimum Gasteiger partial charge on any atom is -0.493 e. The van der Waals surface area contributed by atoms with Gasteiger partial charge in [-0.05, 0) is 48.4 Å². The second kappa shape index (κ2) is 14.7. The van der Waals surface area contributed by atoms with Crippen LogP contribution in [0.5, 0.6) is 17.2 Å². The van der Waals surface area contributed by atoms with Crippen LogP contribution in [0.4, 0.5) is 10.1 Å². The van der Waals surface area contributed by atoms with E-state index in [1.54, 1.807) is 11.0 Å². The Morgan fingerprint density at radius 3 is 2.38 bits per heavy atom. The Labute approximate surface area is 258 Å². The van der Waals surface area contributed by atoms with Crippen molar-refractivity contribution in [2.24, 2.45) is 0 Å². The average Bonchev–Trinajstić information content (AvgIpc) is 3.22. The Bertz CT molecular complexity index is 1310. The van der Waals surface area contributed by atoms with Crippen molar-refractivity contribution in [3.63, 3.8) is 0 Å². The number of carbonyl (C=O) groups is 2. The second-order valence-electron chi connectivity index (χ2n) is 11.3. The van der Waals surface area contributed by atoms with Crippen LogP contribution in [-0.2, 0) is 16.8 Å².